The van der Waals surface area contributed by atoms with E-state index in [1.807, 2.05) is 6.92 Å². The lowest BCUT2D eigenvalue weighted by atomic mass is 10.1. The van der Waals surface area contributed by atoms with Crippen LogP contribution < -0.4 is 5.73 Å². The number of hydrogen-bond donors (Lipinski definition) is 1. The second kappa shape index (κ2) is 4.21. The first-order valence-electron chi connectivity index (χ1n) is 4.34. The normalized spacial score (nSPS) is 13.2. The Morgan fingerprint density at radius 3 is 2.67 bits per heavy atom. The van der Waals surface area contributed by atoms with Gasteiger partial charge in [0.1, 0.15) is 0 Å². The Morgan fingerprint density at radius 1 is 1.50 bits per heavy atom. The summed E-state index contributed by atoms with van der Waals surface area (Å²) in [5.41, 5.74) is 5.54. The number of aromatic nitrogens is 2. The molecule has 0 amide bonds. The maximum absolute atomic E-state index is 5.54. The first kappa shape index (κ1) is 9.19. The van der Waals surface area contributed by atoms with Gasteiger partial charge in [-0.05, 0) is 6.42 Å². The van der Waals surface area contributed by atoms with Gasteiger partial charge in [-0.15, -0.1) is 0 Å². The molecule has 2 N–H and O–H groups in total. The summed E-state index contributed by atoms with van der Waals surface area (Å²) >= 11 is 0. The topological polar surface area (TPSA) is 64.9 Å². The highest BCUT2D eigenvalue weighted by atomic mass is 16.5. The molecule has 0 spiro atoms. The molecule has 1 atom stereocenters. The third kappa shape index (κ3) is 1.82. The Balaban J connectivity index is 2.72. The SMILES string of the molecule is CCc1noc(C(CC)CN)n1. The summed E-state index contributed by atoms with van der Waals surface area (Å²) in [6.45, 7) is 4.63. The second-order valence-electron chi connectivity index (χ2n) is 2.74. The van der Waals surface area contributed by atoms with E-state index in [1.54, 1.807) is 0 Å². The third-order valence-corrected chi connectivity index (χ3v) is 1.93. The first-order chi connectivity index (χ1) is 5.81. The summed E-state index contributed by atoms with van der Waals surface area (Å²) in [4.78, 5) is 4.21. The lowest BCUT2D eigenvalue weighted by molar-refractivity contribution is 0.348. The molecule has 68 valence electrons. The molecular formula is C8H15N3O. The van der Waals surface area contributed by atoms with Crippen molar-refractivity contribution in [1.29, 1.82) is 0 Å². The standard InChI is InChI=1S/C8H15N3O/c1-3-6(5-9)8-10-7(4-2)11-12-8/h6H,3-5,9H2,1-2H3. The molecule has 0 aliphatic rings. The van der Waals surface area contributed by atoms with Crippen LogP contribution in [-0.4, -0.2) is 16.7 Å². The molecule has 1 aromatic heterocycles. The lowest BCUT2D eigenvalue weighted by Gasteiger charge is -2.03. The molecule has 1 unspecified atom stereocenters. The minimum absolute atomic E-state index is 0.220. The molecule has 12 heavy (non-hydrogen) atoms. The predicted octanol–water partition coefficient (Wildman–Crippen LogP) is 1.08. The Labute approximate surface area is 72.1 Å². The fourth-order valence-electron chi connectivity index (χ4n) is 1.02. The molecule has 4 nitrogen and oxygen atoms in total. The van der Waals surface area contributed by atoms with Gasteiger partial charge in [-0.1, -0.05) is 19.0 Å². The summed E-state index contributed by atoms with van der Waals surface area (Å²) < 4.78 is 5.06. The van der Waals surface area contributed by atoms with Gasteiger partial charge in [0.2, 0.25) is 5.89 Å². The van der Waals surface area contributed by atoms with E-state index >= 15 is 0 Å². The van der Waals surface area contributed by atoms with Gasteiger partial charge in [0.25, 0.3) is 0 Å². The molecule has 0 fully saturated rings. The number of aryl methyl sites for hydroxylation is 1. The van der Waals surface area contributed by atoms with E-state index in [2.05, 4.69) is 17.1 Å². The van der Waals surface area contributed by atoms with Crippen LogP contribution in [0.1, 0.15) is 37.9 Å². The van der Waals surface area contributed by atoms with Gasteiger partial charge in [0.05, 0.1) is 5.92 Å². The van der Waals surface area contributed by atoms with Gasteiger partial charge >= 0.3 is 0 Å². The fraction of sp³-hybridized carbons (Fsp3) is 0.750. The number of nitrogens with zero attached hydrogens (tertiary/aromatic N) is 2. The maximum atomic E-state index is 5.54. The van der Waals surface area contributed by atoms with E-state index in [1.165, 1.54) is 0 Å². The van der Waals surface area contributed by atoms with Crippen molar-refractivity contribution in [3.63, 3.8) is 0 Å². The Morgan fingerprint density at radius 2 is 2.25 bits per heavy atom. The molecule has 1 rings (SSSR count). The molecule has 0 aliphatic carbocycles. The quantitative estimate of drug-likeness (QED) is 0.732. The molecule has 1 aromatic rings. The molecular weight excluding hydrogens is 154 g/mol. The van der Waals surface area contributed by atoms with Crippen LogP contribution in [0.5, 0.6) is 0 Å². The zero-order chi connectivity index (χ0) is 8.97. The van der Waals surface area contributed by atoms with Crippen molar-refractivity contribution >= 4 is 0 Å². The van der Waals surface area contributed by atoms with Crippen LogP contribution in [0.4, 0.5) is 0 Å². The van der Waals surface area contributed by atoms with Gasteiger partial charge in [0.15, 0.2) is 5.82 Å². The third-order valence-electron chi connectivity index (χ3n) is 1.93. The van der Waals surface area contributed by atoms with Crippen LogP contribution in [-0.2, 0) is 6.42 Å². The van der Waals surface area contributed by atoms with Crippen molar-refractivity contribution in [3.05, 3.63) is 11.7 Å². The van der Waals surface area contributed by atoms with E-state index < -0.39 is 0 Å². The minimum Gasteiger partial charge on any atom is -0.339 e. The summed E-state index contributed by atoms with van der Waals surface area (Å²) in [6.07, 6.45) is 1.76. The van der Waals surface area contributed by atoms with E-state index in [9.17, 15) is 0 Å². The number of hydrogen-bond acceptors (Lipinski definition) is 4. The smallest absolute Gasteiger partial charge is 0.231 e. The summed E-state index contributed by atoms with van der Waals surface area (Å²) in [5.74, 6) is 1.66. The summed E-state index contributed by atoms with van der Waals surface area (Å²) in [7, 11) is 0. The van der Waals surface area contributed by atoms with Crippen LogP contribution in [0, 0.1) is 0 Å². The van der Waals surface area contributed by atoms with Crippen LogP contribution in [0.2, 0.25) is 0 Å². The van der Waals surface area contributed by atoms with Crippen LogP contribution >= 0.6 is 0 Å². The summed E-state index contributed by atoms with van der Waals surface area (Å²) in [6, 6.07) is 0. The molecule has 0 bridgehead atoms. The van der Waals surface area contributed by atoms with Crippen molar-refractivity contribution in [2.24, 2.45) is 5.73 Å². The Hall–Kier alpha value is -0.900. The lowest BCUT2D eigenvalue weighted by Crippen LogP contribution is -2.11. The van der Waals surface area contributed by atoms with E-state index in [-0.39, 0.29) is 5.92 Å². The highest BCUT2D eigenvalue weighted by Gasteiger charge is 2.14. The second-order valence-corrected chi connectivity index (χ2v) is 2.74. The monoisotopic (exact) mass is 169 g/mol. The van der Waals surface area contributed by atoms with E-state index in [0.717, 1.165) is 18.7 Å². The maximum Gasteiger partial charge on any atom is 0.231 e. The largest absolute Gasteiger partial charge is 0.339 e. The average Bonchev–Trinajstić information content (AvgIpc) is 2.55. The van der Waals surface area contributed by atoms with Gasteiger partial charge in [-0.25, -0.2) is 0 Å². The molecule has 0 saturated carbocycles. The summed E-state index contributed by atoms with van der Waals surface area (Å²) in [5, 5.41) is 3.81. The van der Waals surface area contributed by atoms with Crippen LogP contribution in [0.25, 0.3) is 0 Å². The molecule has 0 aromatic carbocycles. The van der Waals surface area contributed by atoms with Crippen molar-refractivity contribution in [2.75, 3.05) is 6.54 Å². The van der Waals surface area contributed by atoms with Crippen LogP contribution in [0.15, 0.2) is 4.52 Å². The zero-order valence-electron chi connectivity index (χ0n) is 7.58. The highest BCUT2D eigenvalue weighted by Crippen LogP contribution is 2.15. The molecule has 0 saturated heterocycles. The van der Waals surface area contributed by atoms with E-state index in [0.29, 0.717) is 12.4 Å². The van der Waals surface area contributed by atoms with Crippen molar-refractivity contribution in [2.45, 2.75) is 32.6 Å². The Bertz CT molecular complexity index is 230. The van der Waals surface area contributed by atoms with Crippen LogP contribution in [0.3, 0.4) is 0 Å². The molecule has 1 heterocycles. The fourth-order valence-corrected chi connectivity index (χ4v) is 1.02. The van der Waals surface area contributed by atoms with Crippen molar-refractivity contribution in [1.82, 2.24) is 10.1 Å². The zero-order valence-corrected chi connectivity index (χ0v) is 7.58. The first-order valence-corrected chi connectivity index (χ1v) is 4.34. The Kier molecular flexibility index (Phi) is 3.22. The van der Waals surface area contributed by atoms with Gasteiger partial charge in [-0.2, -0.15) is 4.98 Å². The van der Waals surface area contributed by atoms with Crippen molar-refractivity contribution < 1.29 is 4.52 Å². The number of rotatable bonds is 4. The molecule has 4 heteroatoms. The predicted molar refractivity (Wildman–Crippen MR) is 45.8 cm³/mol. The van der Waals surface area contributed by atoms with Gasteiger partial charge in [0, 0.05) is 13.0 Å². The van der Waals surface area contributed by atoms with Crippen molar-refractivity contribution in [3.8, 4) is 0 Å². The minimum atomic E-state index is 0.220. The van der Waals surface area contributed by atoms with E-state index in [4.69, 9.17) is 10.3 Å². The average molecular weight is 169 g/mol. The highest BCUT2D eigenvalue weighted by molar-refractivity contribution is 4.93. The molecule has 0 radical (unpaired) electrons. The molecule has 0 aliphatic heterocycles. The number of nitrogens with two attached hydrogens (primary N) is 1. The van der Waals surface area contributed by atoms with Gasteiger partial charge in [-0.3, -0.25) is 0 Å². The van der Waals surface area contributed by atoms with Gasteiger partial charge < -0.3 is 10.3 Å².